The van der Waals surface area contributed by atoms with Gasteiger partial charge in [-0.05, 0) is 28.9 Å². The molecule has 0 aromatic carbocycles. The number of pyridine rings is 1. The summed E-state index contributed by atoms with van der Waals surface area (Å²) in [6, 6.07) is 1.76. The van der Waals surface area contributed by atoms with Crippen molar-refractivity contribution in [3.05, 3.63) is 22.9 Å². The topological polar surface area (TPSA) is 39.2 Å². The van der Waals surface area contributed by atoms with Crippen LogP contribution in [0.4, 0.5) is 0 Å². The van der Waals surface area contributed by atoms with Crippen LogP contribution in [0, 0.1) is 0 Å². The molecule has 0 bridgehead atoms. The molecule has 64 valence electrons. The summed E-state index contributed by atoms with van der Waals surface area (Å²) in [5, 5.41) is 0. The highest BCUT2D eigenvalue weighted by Crippen LogP contribution is 2.15. The molecule has 0 N–H and O–H groups in total. The van der Waals surface area contributed by atoms with Gasteiger partial charge in [0.25, 0.3) is 0 Å². The highest BCUT2D eigenvalue weighted by Gasteiger charge is 1.97. The van der Waals surface area contributed by atoms with Gasteiger partial charge in [-0.3, -0.25) is 9.78 Å². The van der Waals surface area contributed by atoms with Crippen LogP contribution in [0.5, 0.6) is 5.75 Å². The van der Waals surface area contributed by atoms with E-state index in [-0.39, 0.29) is 12.4 Å². The van der Waals surface area contributed by atoms with E-state index in [0.29, 0.717) is 5.75 Å². The van der Waals surface area contributed by atoms with E-state index in [1.54, 1.807) is 18.5 Å². The highest BCUT2D eigenvalue weighted by atomic mass is 79.9. The van der Waals surface area contributed by atoms with Crippen LogP contribution in [-0.4, -0.2) is 17.4 Å². The molecule has 3 nitrogen and oxygen atoms in total. The number of Topliss-reactive ketones (excluding diaryl/α,β-unsaturated/α-hetero) is 1. The van der Waals surface area contributed by atoms with Gasteiger partial charge < -0.3 is 4.74 Å². The fraction of sp³-hybridized carbons (Fsp3) is 0.250. The van der Waals surface area contributed by atoms with Crippen molar-refractivity contribution in [2.75, 3.05) is 6.61 Å². The minimum absolute atomic E-state index is 0.00465. The Kier molecular flexibility index (Phi) is 3.22. The van der Waals surface area contributed by atoms with E-state index in [1.807, 2.05) is 0 Å². The van der Waals surface area contributed by atoms with Crippen molar-refractivity contribution in [2.45, 2.75) is 6.92 Å². The van der Waals surface area contributed by atoms with Gasteiger partial charge in [-0.15, -0.1) is 0 Å². The largest absolute Gasteiger partial charge is 0.484 e. The third-order valence-electron chi connectivity index (χ3n) is 1.12. The summed E-state index contributed by atoms with van der Waals surface area (Å²) in [7, 11) is 0. The number of ether oxygens (including phenoxy) is 1. The Balaban J connectivity index is 2.57. The summed E-state index contributed by atoms with van der Waals surface area (Å²) in [5.74, 6) is 0.592. The Morgan fingerprint density at radius 3 is 3.00 bits per heavy atom. The number of rotatable bonds is 3. The maximum absolute atomic E-state index is 10.5. The van der Waals surface area contributed by atoms with Gasteiger partial charge in [0.2, 0.25) is 0 Å². The van der Waals surface area contributed by atoms with Crippen LogP contribution in [0.2, 0.25) is 0 Å². The van der Waals surface area contributed by atoms with E-state index in [4.69, 9.17) is 4.74 Å². The first-order valence-corrected chi connectivity index (χ1v) is 4.20. The second-order valence-corrected chi connectivity index (χ2v) is 3.25. The van der Waals surface area contributed by atoms with Gasteiger partial charge in [-0.25, -0.2) is 0 Å². The van der Waals surface area contributed by atoms with Crippen LogP contribution < -0.4 is 4.74 Å². The molecule has 0 saturated carbocycles. The van der Waals surface area contributed by atoms with Crippen LogP contribution in [-0.2, 0) is 4.79 Å². The molecule has 1 aromatic heterocycles. The molecule has 0 aliphatic carbocycles. The first-order chi connectivity index (χ1) is 5.68. The minimum atomic E-state index is -0.00465. The third kappa shape index (κ3) is 3.00. The van der Waals surface area contributed by atoms with Crippen LogP contribution in [0.1, 0.15) is 6.92 Å². The molecule has 1 aromatic rings. The fourth-order valence-electron chi connectivity index (χ4n) is 0.656. The predicted octanol–water partition coefficient (Wildman–Crippen LogP) is 1.81. The molecule has 1 rings (SSSR count). The first kappa shape index (κ1) is 9.19. The van der Waals surface area contributed by atoms with Gasteiger partial charge in [-0.1, -0.05) is 0 Å². The summed E-state index contributed by atoms with van der Waals surface area (Å²) >= 11 is 3.24. The number of ketones is 1. The lowest BCUT2D eigenvalue weighted by Gasteiger charge is -2.02. The molecule has 4 heteroatoms. The van der Waals surface area contributed by atoms with E-state index >= 15 is 0 Å². The SMILES string of the molecule is CC(=O)COc1cncc(Br)c1. The van der Waals surface area contributed by atoms with Crippen LogP contribution in [0.15, 0.2) is 22.9 Å². The average molecular weight is 230 g/mol. The lowest BCUT2D eigenvalue weighted by atomic mass is 10.4. The molecule has 0 spiro atoms. The van der Waals surface area contributed by atoms with Gasteiger partial charge in [0.1, 0.15) is 12.4 Å². The summed E-state index contributed by atoms with van der Waals surface area (Å²) in [5.41, 5.74) is 0. The van der Waals surface area contributed by atoms with Crippen molar-refractivity contribution in [3.8, 4) is 5.75 Å². The van der Waals surface area contributed by atoms with Crippen LogP contribution in [0.3, 0.4) is 0 Å². The number of halogens is 1. The Morgan fingerprint density at radius 2 is 2.42 bits per heavy atom. The Hall–Kier alpha value is -0.900. The fourth-order valence-corrected chi connectivity index (χ4v) is 1.00. The molecule has 0 saturated heterocycles. The number of carbonyl (C=O) groups is 1. The van der Waals surface area contributed by atoms with Gasteiger partial charge in [0, 0.05) is 10.7 Å². The van der Waals surface area contributed by atoms with Crippen molar-refractivity contribution in [3.63, 3.8) is 0 Å². The quantitative estimate of drug-likeness (QED) is 0.794. The molecule has 0 unspecified atom stereocenters. The first-order valence-electron chi connectivity index (χ1n) is 3.41. The number of hydrogen-bond donors (Lipinski definition) is 0. The van der Waals surface area contributed by atoms with E-state index in [2.05, 4.69) is 20.9 Å². The number of hydrogen-bond acceptors (Lipinski definition) is 3. The van der Waals surface area contributed by atoms with Crippen LogP contribution in [0.25, 0.3) is 0 Å². The zero-order chi connectivity index (χ0) is 8.97. The zero-order valence-electron chi connectivity index (χ0n) is 6.58. The second kappa shape index (κ2) is 4.21. The van der Waals surface area contributed by atoms with Gasteiger partial charge in [0.05, 0.1) is 6.20 Å². The van der Waals surface area contributed by atoms with Crippen molar-refractivity contribution in [2.24, 2.45) is 0 Å². The number of nitrogens with zero attached hydrogens (tertiary/aromatic N) is 1. The average Bonchev–Trinajstić information content (AvgIpc) is 2.01. The molecular weight excluding hydrogens is 222 g/mol. The smallest absolute Gasteiger partial charge is 0.167 e. The van der Waals surface area contributed by atoms with Gasteiger partial charge in [-0.2, -0.15) is 0 Å². The molecule has 0 amide bonds. The third-order valence-corrected chi connectivity index (χ3v) is 1.56. The molecule has 12 heavy (non-hydrogen) atoms. The van der Waals surface area contributed by atoms with E-state index in [9.17, 15) is 4.79 Å². The normalized spacial score (nSPS) is 9.50. The molecule has 0 fully saturated rings. The molecule has 0 aliphatic heterocycles. The summed E-state index contributed by atoms with van der Waals surface area (Å²) < 4.78 is 5.94. The standard InChI is InChI=1S/C8H8BrNO2/c1-6(11)5-12-8-2-7(9)3-10-4-8/h2-4H,5H2,1H3. The van der Waals surface area contributed by atoms with Crippen molar-refractivity contribution >= 4 is 21.7 Å². The summed E-state index contributed by atoms with van der Waals surface area (Å²) in [6.07, 6.45) is 3.22. The molecule has 0 atom stereocenters. The number of aromatic nitrogens is 1. The maximum Gasteiger partial charge on any atom is 0.167 e. The van der Waals surface area contributed by atoms with Crippen molar-refractivity contribution in [1.82, 2.24) is 4.98 Å². The lowest BCUT2D eigenvalue weighted by molar-refractivity contribution is -0.118. The van der Waals surface area contributed by atoms with Gasteiger partial charge >= 0.3 is 0 Å². The Morgan fingerprint density at radius 1 is 1.67 bits per heavy atom. The van der Waals surface area contributed by atoms with E-state index in [0.717, 1.165) is 4.47 Å². The molecule has 0 aliphatic rings. The highest BCUT2D eigenvalue weighted by molar-refractivity contribution is 9.10. The summed E-state index contributed by atoms with van der Waals surface area (Å²) in [4.78, 5) is 14.4. The molecule has 1 heterocycles. The Bertz CT molecular complexity index is 288. The number of carbonyl (C=O) groups excluding carboxylic acids is 1. The van der Waals surface area contributed by atoms with E-state index in [1.165, 1.54) is 6.92 Å². The van der Waals surface area contributed by atoms with Crippen molar-refractivity contribution in [1.29, 1.82) is 0 Å². The van der Waals surface area contributed by atoms with Crippen LogP contribution >= 0.6 is 15.9 Å². The molecule has 0 radical (unpaired) electrons. The Labute approximate surface area is 78.9 Å². The monoisotopic (exact) mass is 229 g/mol. The van der Waals surface area contributed by atoms with Gasteiger partial charge in [0.15, 0.2) is 5.78 Å². The van der Waals surface area contributed by atoms with Crippen molar-refractivity contribution < 1.29 is 9.53 Å². The predicted molar refractivity (Wildman–Crippen MR) is 48.1 cm³/mol. The zero-order valence-corrected chi connectivity index (χ0v) is 8.17. The minimum Gasteiger partial charge on any atom is -0.484 e. The van der Waals surface area contributed by atoms with E-state index < -0.39 is 0 Å². The lowest BCUT2D eigenvalue weighted by Crippen LogP contribution is -2.06. The molecular formula is C8H8BrNO2. The summed E-state index contributed by atoms with van der Waals surface area (Å²) in [6.45, 7) is 1.57. The second-order valence-electron chi connectivity index (χ2n) is 2.33. The maximum atomic E-state index is 10.5.